The number of hydrogen-bond acceptors (Lipinski definition) is 4. The minimum absolute atomic E-state index is 0.0616. The molecule has 0 aromatic heterocycles. The predicted molar refractivity (Wildman–Crippen MR) is 118 cm³/mol. The van der Waals surface area contributed by atoms with Gasteiger partial charge in [0.15, 0.2) is 6.61 Å². The number of rotatable bonds is 8. The smallest absolute Gasteiger partial charge is 0.262 e. The summed E-state index contributed by atoms with van der Waals surface area (Å²) in [6.07, 6.45) is 6.03. The zero-order valence-electron chi connectivity index (χ0n) is 17.6. The molecule has 1 aliphatic rings. The first-order valence-corrected chi connectivity index (χ1v) is 11.9. The van der Waals surface area contributed by atoms with Crippen molar-refractivity contribution >= 4 is 21.6 Å². The van der Waals surface area contributed by atoms with Crippen molar-refractivity contribution in [1.82, 2.24) is 4.31 Å². The molecule has 0 spiro atoms. The molecule has 0 radical (unpaired) electrons. The van der Waals surface area contributed by atoms with Crippen LogP contribution in [-0.4, -0.2) is 38.3 Å². The third-order valence-electron chi connectivity index (χ3n) is 5.58. The number of anilines is 1. The number of hydrogen-bond donors (Lipinski definition) is 1. The SMILES string of the molecule is CCc1cccc(OCC(=O)Nc2ccc(S(=O)(=O)N(C)C3CCCCC3)cc2)c1. The topological polar surface area (TPSA) is 75.7 Å². The molecule has 0 unspecified atom stereocenters. The van der Waals surface area contributed by atoms with Crippen LogP contribution in [0.15, 0.2) is 53.4 Å². The van der Waals surface area contributed by atoms with Crippen molar-refractivity contribution in [3.05, 3.63) is 54.1 Å². The summed E-state index contributed by atoms with van der Waals surface area (Å²) in [5.74, 6) is 0.350. The Morgan fingerprint density at radius 3 is 2.47 bits per heavy atom. The first kappa shape index (κ1) is 22.3. The van der Waals surface area contributed by atoms with Gasteiger partial charge >= 0.3 is 0 Å². The summed E-state index contributed by atoms with van der Waals surface area (Å²) in [5.41, 5.74) is 1.67. The van der Waals surface area contributed by atoms with Gasteiger partial charge in [0.05, 0.1) is 4.90 Å². The molecule has 30 heavy (non-hydrogen) atoms. The first-order chi connectivity index (χ1) is 14.4. The molecule has 6 nitrogen and oxygen atoms in total. The highest BCUT2D eigenvalue weighted by Gasteiger charge is 2.28. The van der Waals surface area contributed by atoms with Gasteiger partial charge in [0.2, 0.25) is 10.0 Å². The van der Waals surface area contributed by atoms with E-state index in [2.05, 4.69) is 12.2 Å². The first-order valence-electron chi connectivity index (χ1n) is 10.5. The van der Waals surface area contributed by atoms with E-state index < -0.39 is 10.0 Å². The van der Waals surface area contributed by atoms with E-state index in [1.165, 1.54) is 22.9 Å². The second-order valence-corrected chi connectivity index (χ2v) is 9.67. The van der Waals surface area contributed by atoms with Crippen LogP contribution in [0.4, 0.5) is 5.69 Å². The third-order valence-corrected chi connectivity index (χ3v) is 7.50. The molecule has 0 aliphatic heterocycles. The summed E-state index contributed by atoms with van der Waals surface area (Å²) in [5, 5.41) is 2.74. The van der Waals surface area contributed by atoms with Gasteiger partial charge in [0.25, 0.3) is 5.91 Å². The van der Waals surface area contributed by atoms with Gasteiger partial charge in [0.1, 0.15) is 5.75 Å². The number of ether oxygens (including phenoxy) is 1. The Morgan fingerprint density at radius 2 is 1.80 bits per heavy atom. The highest BCUT2D eigenvalue weighted by atomic mass is 32.2. The van der Waals surface area contributed by atoms with E-state index in [1.54, 1.807) is 19.2 Å². The maximum atomic E-state index is 12.9. The van der Waals surface area contributed by atoms with Crippen molar-refractivity contribution in [2.24, 2.45) is 0 Å². The fourth-order valence-electron chi connectivity index (χ4n) is 3.72. The molecule has 0 bridgehead atoms. The highest BCUT2D eigenvalue weighted by molar-refractivity contribution is 7.89. The molecular formula is C23H30N2O4S. The summed E-state index contributed by atoms with van der Waals surface area (Å²) in [6.45, 7) is 1.94. The molecule has 0 heterocycles. The Hall–Kier alpha value is -2.38. The monoisotopic (exact) mass is 430 g/mol. The van der Waals surface area contributed by atoms with E-state index in [0.717, 1.165) is 37.7 Å². The van der Waals surface area contributed by atoms with Gasteiger partial charge in [-0.2, -0.15) is 4.31 Å². The summed E-state index contributed by atoms with van der Waals surface area (Å²) < 4.78 is 32.8. The molecule has 2 aromatic carbocycles. The maximum absolute atomic E-state index is 12.9. The van der Waals surface area contributed by atoms with Crippen molar-refractivity contribution in [2.75, 3.05) is 19.0 Å². The molecule has 162 valence electrons. The average molecular weight is 431 g/mol. The maximum Gasteiger partial charge on any atom is 0.262 e. The summed E-state index contributed by atoms with van der Waals surface area (Å²) in [4.78, 5) is 12.4. The number of sulfonamides is 1. The lowest BCUT2D eigenvalue weighted by Crippen LogP contribution is -2.38. The van der Waals surface area contributed by atoms with Crippen molar-refractivity contribution < 1.29 is 17.9 Å². The van der Waals surface area contributed by atoms with E-state index in [0.29, 0.717) is 11.4 Å². The largest absolute Gasteiger partial charge is 0.484 e. The van der Waals surface area contributed by atoms with Gasteiger partial charge in [0, 0.05) is 18.8 Å². The molecule has 1 N–H and O–H groups in total. The lowest BCUT2D eigenvalue weighted by atomic mass is 9.96. The average Bonchev–Trinajstić information content (AvgIpc) is 2.78. The lowest BCUT2D eigenvalue weighted by Gasteiger charge is -2.30. The van der Waals surface area contributed by atoms with Gasteiger partial charge in [-0.3, -0.25) is 4.79 Å². The fourth-order valence-corrected chi connectivity index (χ4v) is 5.13. The summed E-state index contributed by atoms with van der Waals surface area (Å²) >= 11 is 0. The zero-order chi connectivity index (χ0) is 21.6. The molecule has 0 atom stereocenters. The zero-order valence-corrected chi connectivity index (χ0v) is 18.5. The summed E-state index contributed by atoms with van der Waals surface area (Å²) in [6, 6.07) is 14.0. The molecular weight excluding hydrogens is 400 g/mol. The van der Waals surface area contributed by atoms with Gasteiger partial charge in [-0.05, 0) is 61.2 Å². The Bertz CT molecular complexity index is 951. The summed E-state index contributed by atoms with van der Waals surface area (Å²) in [7, 11) is -1.88. The molecule has 0 saturated heterocycles. The number of carbonyl (C=O) groups is 1. The van der Waals surface area contributed by atoms with Crippen LogP contribution >= 0.6 is 0 Å². The highest BCUT2D eigenvalue weighted by Crippen LogP contribution is 2.27. The normalized spacial score (nSPS) is 15.2. The number of nitrogens with one attached hydrogen (secondary N) is 1. The van der Waals surface area contributed by atoms with Crippen LogP contribution in [0.3, 0.4) is 0 Å². The van der Waals surface area contributed by atoms with E-state index in [-0.39, 0.29) is 23.5 Å². The van der Waals surface area contributed by atoms with Crippen LogP contribution < -0.4 is 10.1 Å². The van der Waals surface area contributed by atoms with E-state index in [1.807, 2.05) is 24.3 Å². The van der Waals surface area contributed by atoms with Gasteiger partial charge in [-0.25, -0.2) is 8.42 Å². The fraction of sp³-hybridized carbons (Fsp3) is 0.435. The van der Waals surface area contributed by atoms with E-state index >= 15 is 0 Å². The van der Waals surface area contributed by atoms with Crippen molar-refractivity contribution in [1.29, 1.82) is 0 Å². The van der Waals surface area contributed by atoms with Crippen LogP contribution in [0.5, 0.6) is 5.75 Å². The van der Waals surface area contributed by atoms with E-state index in [9.17, 15) is 13.2 Å². The van der Waals surface area contributed by atoms with Crippen LogP contribution in [0.25, 0.3) is 0 Å². The van der Waals surface area contributed by atoms with Crippen LogP contribution in [0.2, 0.25) is 0 Å². The standard InChI is InChI=1S/C23H30N2O4S/c1-3-18-8-7-11-21(16-18)29-17-23(26)24-19-12-14-22(15-13-19)30(27,28)25(2)20-9-5-4-6-10-20/h7-8,11-16,20H,3-6,9-10,17H2,1-2H3,(H,24,26). The lowest BCUT2D eigenvalue weighted by molar-refractivity contribution is -0.118. The number of nitrogens with zero attached hydrogens (tertiary/aromatic N) is 1. The second-order valence-electron chi connectivity index (χ2n) is 7.68. The molecule has 3 rings (SSSR count). The number of aryl methyl sites for hydroxylation is 1. The van der Waals surface area contributed by atoms with Crippen LogP contribution in [0, 0.1) is 0 Å². The van der Waals surface area contributed by atoms with E-state index in [4.69, 9.17) is 4.74 Å². The van der Waals surface area contributed by atoms with Gasteiger partial charge in [-0.15, -0.1) is 0 Å². The van der Waals surface area contributed by atoms with Crippen LogP contribution in [-0.2, 0) is 21.2 Å². The predicted octanol–water partition coefficient (Wildman–Crippen LogP) is 4.22. The number of benzene rings is 2. The Kier molecular flexibility index (Phi) is 7.50. The van der Waals surface area contributed by atoms with Gasteiger partial charge < -0.3 is 10.1 Å². The minimum Gasteiger partial charge on any atom is -0.484 e. The van der Waals surface area contributed by atoms with Crippen LogP contribution in [0.1, 0.15) is 44.6 Å². The molecule has 1 fully saturated rings. The van der Waals surface area contributed by atoms with Crippen molar-refractivity contribution in [2.45, 2.75) is 56.4 Å². The second kappa shape index (κ2) is 10.1. The Balaban J connectivity index is 1.57. The molecule has 1 saturated carbocycles. The molecule has 1 amide bonds. The molecule has 2 aromatic rings. The molecule has 7 heteroatoms. The van der Waals surface area contributed by atoms with Crippen molar-refractivity contribution in [3.8, 4) is 5.75 Å². The Morgan fingerprint density at radius 1 is 1.10 bits per heavy atom. The quantitative estimate of drug-likeness (QED) is 0.680. The Labute approximate surface area is 179 Å². The third kappa shape index (κ3) is 5.61. The van der Waals surface area contributed by atoms with Crippen molar-refractivity contribution in [3.63, 3.8) is 0 Å². The van der Waals surface area contributed by atoms with Gasteiger partial charge in [-0.1, -0.05) is 38.3 Å². The number of carbonyl (C=O) groups excluding carboxylic acids is 1. The molecule has 1 aliphatic carbocycles. The minimum atomic E-state index is -3.54. The number of amides is 1.